The van der Waals surface area contributed by atoms with Crippen LogP contribution in [0.4, 0.5) is 0 Å². The van der Waals surface area contributed by atoms with Crippen LogP contribution in [-0.4, -0.2) is 18.8 Å². The van der Waals surface area contributed by atoms with E-state index in [0.29, 0.717) is 0 Å². The third-order valence-corrected chi connectivity index (χ3v) is 4.70. The minimum absolute atomic E-state index is 0.0775. The van der Waals surface area contributed by atoms with E-state index in [-0.39, 0.29) is 11.6 Å². The lowest BCUT2D eigenvalue weighted by Crippen LogP contribution is -2.48. The molecule has 94 valence electrons. The standard InChI is InChI=1S/C14H20BrNO/c1-17-14(8-4-5-9-14)13(16)10-11-6-2-3-7-12(11)15/h2-3,6-7,13H,4-5,8-10,16H2,1H3. The molecule has 0 aromatic heterocycles. The molecule has 2 rings (SSSR count). The Balaban J connectivity index is 2.10. The summed E-state index contributed by atoms with van der Waals surface area (Å²) in [7, 11) is 1.80. The van der Waals surface area contributed by atoms with Gasteiger partial charge in [0.1, 0.15) is 0 Å². The first-order valence-corrected chi connectivity index (χ1v) is 7.01. The van der Waals surface area contributed by atoms with Gasteiger partial charge in [0.05, 0.1) is 5.60 Å². The van der Waals surface area contributed by atoms with E-state index in [1.165, 1.54) is 18.4 Å². The van der Waals surface area contributed by atoms with Crippen molar-refractivity contribution in [2.45, 2.75) is 43.7 Å². The average molecular weight is 298 g/mol. The molecule has 1 aliphatic carbocycles. The van der Waals surface area contributed by atoms with Crippen LogP contribution in [0.25, 0.3) is 0 Å². The molecule has 1 unspecified atom stereocenters. The van der Waals surface area contributed by atoms with Crippen molar-refractivity contribution in [2.24, 2.45) is 5.73 Å². The highest BCUT2D eigenvalue weighted by molar-refractivity contribution is 9.10. The molecule has 1 aliphatic rings. The van der Waals surface area contributed by atoms with Crippen LogP contribution in [0.5, 0.6) is 0 Å². The summed E-state index contributed by atoms with van der Waals surface area (Å²) in [6.45, 7) is 0. The van der Waals surface area contributed by atoms with Crippen molar-refractivity contribution in [1.82, 2.24) is 0 Å². The summed E-state index contributed by atoms with van der Waals surface area (Å²) < 4.78 is 6.87. The predicted molar refractivity (Wildman–Crippen MR) is 74.0 cm³/mol. The van der Waals surface area contributed by atoms with Crippen LogP contribution in [-0.2, 0) is 11.2 Å². The Labute approximate surface area is 112 Å². The highest BCUT2D eigenvalue weighted by Crippen LogP contribution is 2.36. The Kier molecular flexibility index (Phi) is 4.23. The molecule has 0 spiro atoms. The minimum atomic E-state index is -0.102. The fraction of sp³-hybridized carbons (Fsp3) is 0.571. The molecule has 1 fully saturated rings. The number of hydrogen-bond acceptors (Lipinski definition) is 2. The Bertz CT molecular complexity index is 374. The van der Waals surface area contributed by atoms with Gasteiger partial charge in [-0.05, 0) is 30.9 Å². The van der Waals surface area contributed by atoms with Crippen LogP contribution in [0.3, 0.4) is 0 Å². The van der Waals surface area contributed by atoms with E-state index in [4.69, 9.17) is 10.5 Å². The molecule has 0 amide bonds. The monoisotopic (exact) mass is 297 g/mol. The zero-order valence-electron chi connectivity index (χ0n) is 10.3. The maximum absolute atomic E-state index is 6.38. The maximum Gasteiger partial charge on any atom is 0.0832 e. The Morgan fingerprint density at radius 2 is 2.00 bits per heavy atom. The minimum Gasteiger partial charge on any atom is -0.377 e. The van der Waals surface area contributed by atoms with E-state index in [9.17, 15) is 0 Å². The van der Waals surface area contributed by atoms with E-state index < -0.39 is 0 Å². The number of halogens is 1. The zero-order chi connectivity index (χ0) is 12.3. The van der Waals surface area contributed by atoms with Gasteiger partial charge < -0.3 is 10.5 Å². The van der Waals surface area contributed by atoms with Gasteiger partial charge in [0.15, 0.2) is 0 Å². The normalized spacial score (nSPS) is 20.4. The second-order valence-corrected chi connectivity index (χ2v) is 5.73. The van der Waals surface area contributed by atoms with E-state index in [1.807, 2.05) is 6.07 Å². The largest absolute Gasteiger partial charge is 0.377 e. The molecule has 0 heterocycles. The number of benzene rings is 1. The second-order valence-electron chi connectivity index (χ2n) is 4.88. The summed E-state index contributed by atoms with van der Waals surface area (Å²) in [6.07, 6.45) is 5.52. The summed E-state index contributed by atoms with van der Waals surface area (Å²) in [6, 6.07) is 8.36. The molecule has 0 bridgehead atoms. The molecule has 17 heavy (non-hydrogen) atoms. The molecule has 1 aromatic carbocycles. The number of nitrogens with two attached hydrogens (primary N) is 1. The van der Waals surface area contributed by atoms with Crippen molar-refractivity contribution >= 4 is 15.9 Å². The van der Waals surface area contributed by atoms with E-state index in [2.05, 4.69) is 34.1 Å². The topological polar surface area (TPSA) is 35.2 Å². The first-order chi connectivity index (χ1) is 8.18. The van der Waals surface area contributed by atoms with Crippen LogP contribution in [0.1, 0.15) is 31.2 Å². The van der Waals surface area contributed by atoms with E-state index in [1.54, 1.807) is 7.11 Å². The SMILES string of the molecule is COC1(C(N)Cc2ccccc2Br)CCCC1. The van der Waals surface area contributed by atoms with Crippen molar-refractivity contribution in [3.05, 3.63) is 34.3 Å². The van der Waals surface area contributed by atoms with Crippen LogP contribution in [0.15, 0.2) is 28.7 Å². The van der Waals surface area contributed by atoms with Gasteiger partial charge in [-0.25, -0.2) is 0 Å². The Morgan fingerprint density at radius 1 is 1.35 bits per heavy atom. The number of methoxy groups -OCH3 is 1. The van der Waals surface area contributed by atoms with Gasteiger partial charge in [-0.2, -0.15) is 0 Å². The van der Waals surface area contributed by atoms with Gasteiger partial charge in [-0.3, -0.25) is 0 Å². The first-order valence-electron chi connectivity index (χ1n) is 6.22. The van der Waals surface area contributed by atoms with Gasteiger partial charge >= 0.3 is 0 Å². The van der Waals surface area contributed by atoms with Crippen molar-refractivity contribution in [3.63, 3.8) is 0 Å². The van der Waals surface area contributed by atoms with E-state index in [0.717, 1.165) is 23.7 Å². The lowest BCUT2D eigenvalue weighted by Gasteiger charge is -2.34. The highest BCUT2D eigenvalue weighted by atomic mass is 79.9. The molecule has 1 saturated carbocycles. The lowest BCUT2D eigenvalue weighted by atomic mass is 9.88. The zero-order valence-corrected chi connectivity index (χ0v) is 11.9. The molecule has 0 aliphatic heterocycles. The third-order valence-electron chi connectivity index (χ3n) is 3.93. The molecule has 1 aromatic rings. The van der Waals surface area contributed by atoms with Gasteiger partial charge in [0.2, 0.25) is 0 Å². The van der Waals surface area contributed by atoms with Crippen LogP contribution in [0.2, 0.25) is 0 Å². The molecular weight excluding hydrogens is 278 g/mol. The van der Waals surface area contributed by atoms with Gasteiger partial charge in [-0.15, -0.1) is 0 Å². The molecule has 2 N–H and O–H groups in total. The summed E-state index contributed by atoms with van der Waals surface area (Å²) in [5, 5.41) is 0. The van der Waals surface area contributed by atoms with Crippen molar-refractivity contribution in [3.8, 4) is 0 Å². The van der Waals surface area contributed by atoms with Crippen LogP contribution < -0.4 is 5.73 Å². The smallest absolute Gasteiger partial charge is 0.0832 e. The third kappa shape index (κ3) is 2.72. The molecule has 1 atom stereocenters. The Morgan fingerprint density at radius 3 is 2.59 bits per heavy atom. The predicted octanol–water partition coefficient (Wildman–Crippen LogP) is 3.28. The Hall–Kier alpha value is -0.380. The fourth-order valence-electron chi connectivity index (χ4n) is 2.79. The maximum atomic E-state index is 6.38. The summed E-state index contributed by atoms with van der Waals surface area (Å²) in [5.74, 6) is 0. The fourth-order valence-corrected chi connectivity index (χ4v) is 3.23. The van der Waals surface area contributed by atoms with Crippen LogP contribution >= 0.6 is 15.9 Å². The van der Waals surface area contributed by atoms with Crippen molar-refractivity contribution < 1.29 is 4.74 Å². The van der Waals surface area contributed by atoms with Gasteiger partial charge in [-0.1, -0.05) is 47.0 Å². The first kappa shape index (κ1) is 13.1. The lowest BCUT2D eigenvalue weighted by molar-refractivity contribution is -0.0253. The highest BCUT2D eigenvalue weighted by Gasteiger charge is 2.39. The molecule has 0 saturated heterocycles. The summed E-state index contributed by atoms with van der Waals surface area (Å²) >= 11 is 3.58. The van der Waals surface area contributed by atoms with Crippen LogP contribution in [0, 0.1) is 0 Å². The average Bonchev–Trinajstić information content (AvgIpc) is 2.82. The number of ether oxygens (including phenoxy) is 1. The molecule has 0 radical (unpaired) electrons. The van der Waals surface area contributed by atoms with Gasteiger partial charge in [0.25, 0.3) is 0 Å². The van der Waals surface area contributed by atoms with Gasteiger partial charge in [0, 0.05) is 17.6 Å². The van der Waals surface area contributed by atoms with E-state index >= 15 is 0 Å². The summed E-state index contributed by atoms with van der Waals surface area (Å²) in [4.78, 5) is 0. The summed E-state index contributed by atoms with van der Waals surface area (Å²) in [5.41, 5.74) is 7.54. The van der Waals surface area contributed by atoms with Crippen molar-refractivity contribution in [1.29, 1.82) is 0 Å². The molecular formula is C14H20BrNO. The number of hydrogen-bond donors (Lipinski definition) is 1. The molecule has 2 nitrogen and oxygen atoms in total. The quantitative estimate of drug-likeness (QED) is 0.926. The second kappa shape index (κ2) is 5.51. The van der Waals surface area contributed by atoms with Crippen molar-refractivity contribution in [2.75, 3.05) is 7.11 Å². The number of rotatable bonds is 4. The molecule has 3 heteroatoms.